The summed E-state index contributed by atoms with van der Waals surface area (Å²) >= 11 is 23.1. The van der Waals surface area contributed by atoms with Gasteiger partial charge in [0.1, 0.15) is 17.7 Å². The number of rotatable bonds is 7. The molecule has 1 atom stereocenters. The van der Waals surface area contributed by atoms with E-state index >= 15 is 0 Å². The van der Waals surface area contributed by atoms with E-state index in [0.717, 1.165) is 0 Å². The van der Waals surface area contributed by atoms with Crippen LogP contribution < -0.4 is 25.4 Å². The molecule has 0 aliphatic carbocycles. The zero-order valence-electron chi connectivity index (χ0n) is 14.9. The molecule has 0 bridgehead atoms. The summed E-state index contributed by atoms with van der Waals surface area (Å²) in [5, 5.41) is 8.50. The van der Waals surface area contributed by atoms with E-state index in [0.29, 0.717) is 23.6 Å². The normalized spacial score (nSPS) is 12.3. The van der Waals surface area contributed by atoms with E-state index in [9.17, 15) is 4.79 Å². The number of hydrogen-bond donors (Lipinski definition) is 3. The van der Waals surface area contributed by atoms with E-state index in [4.69, 9.17) is 56.5 Å². The molecule has 3 N–H and O–H groups in total. The number of carbonyl (C=O) groups is 1. The monoisotopic (exact) mass is 441 g/mol. The minimum Gasteiger partial charge on any atom is -0.497 e. The quantitative estimate of drug-likeness (QED) is 0.338. The van der Waals surface area contributed by atoms with Gasteiger partial charge in [0.15, 0.2) is 5.11 Å². The predicted octanol–water partition coefficient (Wildman–Crippen LogP) is 3.85. The first-order valence-corrected chi connectivity index (χ1v) is 9.26. The maximum absolute atomic E-state index is 12.0. The molecule has 0 aliphatic rings. The van der Waals surface area contributed by atoms with Gasteiger partial charge < -0.3 is 25.4 Å². The summed E-state index contributed by atoms with van der Waals surface area (Å²) in [7, 11) is 3.07. The smallest absolute Gasteiger partial charge is 0.228 e. The number of thiocarbonyl (C=S) groups is 1. The summed E-state index contributed by atoms with van der Waals surface area (Å²) in [5.74, 6) is 1.06. The number of hydrogen-bond acceptors (Lipinski definition) is 4. The first kappa shape index (κ1) is 22.9. The first-order chi connectivity index (χ1) is 12.1. The molecule has 1 aromatic carbocycles. The lowest BCUT2D eigenvalue weighted by atomic mass is 10.1. The Kier molecular flexibility index (Phi) is 9.03. The maximum atomic E-state index is 12.0. The molecule has 146 valence electrons. The average Bonchev–Trinajstić information content (AvgIpc) is 2.52. The van der Waals surface area contributed by atoms with Crippen LogP contribution >= 0.6 is 47.0 Å². The molecule has 1 aromatic rings. The second kappa shape index (κ2) is 10.3. The summed E-state index contributed by atoms with van der Waals surface area (Å²) < 4.78 is 8.65. The molecular formula is C16H22Cl3N3O3S. The van der Waals surface area contributed by atoms with Gasteiger partial charge in [0.25, 0.3) is 0 Å². The van der Waals surface area contributed by atoms with Crippen molar-refractivity contribution in [2.24, 2.45) is 5.92 Å². The lowest BCUT2D eigenvalue weighted by Gasteiger charge is -2.28. The van der Waals surface area contributed by atoms with Crippen LogP contribution in [0, 0.1) is 5.92 Å². The Labute approximate surface area is 173 Å². The molecule has 26 heavy (non-hydrogen) atoms. The molecule has 1 rings (SSSR count). The first-order valence-electron chi connectivity index (χ1n) is 7.72. The minimum atomic E-state index is -1.81. The SMILES string of the molecule is COc1ccc(OC)c(NC(=S)N[C@@H](NC(=O)CC(C)C)C(Cl)(Cl)Cl)c1. The van der Waals surface area contributed by atoms with Crippen molar-refractivity contribution in [2.75, 3.05) is 19.5 Å². The lowest BCUT2D eigenvalue weighted by molar-refractivity contribution is -0.122. The van der Waals surface area contributed by atoms with Crippen molar-refractivity contribution in [1.29, 1.82) is 0 Å². The summed E-state index contributed by atoms with van der Waals surface area (Å²) in [6.45, 7) is 3.83. The number of methoxy groups -OCH3 is 2. The molecular weight excluding hydrogens is 421 g/mol. The van der Waals surface area contributed by atoms with E-state index in [-0.39, 0.29) is 16.9 Å². The Morgan fingerprint density at radius 1 is 1.19 bits per heavy atom. The van der Waals surface area contributed by atoms with Crippen molar-refractivity contribution in [3.05, 3.63) is 18.2 Å². The topological polar surface area (TPSA) is 71.6 Å². The van der Waals surface area contributed by atoms with E-state index < -0.39 is 9.96 Å². The summed E-state index contributed by atoms with van der Waals surface area (Å²) in [4.78, 5) is 12.0. The third-order valence-electron chi connectivity index (χ3n) is 3.16. The van der Waals surface area contributed by atoms with Gasteiger partial charge in [-0.15, -0.1) is 0 Å². The molecule has 6 nitrogen and oxygen atoms in total. The van der Waals surface area contributed by atoms with Gasteiger partial charge in [-0.2, -0.15) is 0 Å². The van der Waals surface area contributed by atoms with Crippen LogP contribution in [0.25, 0.3) is 0 Å². The van der Waals surface area contributed by atoms with E-state index in [1.807, 2.05) is 13.8 Å². The van der Waals surface area contributed by atoms with Crippen molar-refractivity contribution >= 4 is 63.7 Å². The largest absolute Gasteiger partial charge is 0.497 e. The Morgan fingerprint density at radius 3 is 2.35 bits per heavy atom. The van der Waals surface area contributed by atoms with Crippen molar-refractivity contribution in [3.63, 3.8) is 0 Å². The van der Waals surface area contributed by atoms with E-state index in [1.165, 1.54) is 7.11 Å². The van der Waals surface area contributed by atoms with Crippen molar-refractivity contribution in [3.8, 4) is 11.5 Å². The average molecular weight is 443 g/mol. The molecule has 0 aliphatic heterocycles. The van der Waals surface area contributed by atoms with Crippen molar-refractivity contribution in [1.82, 2.24) is 10.6 Å². The van der Waals surface area contributed by atoms with Gasteiger partial charge in [0, 0.05) is 12.5 Å². The molecule has 0 radical (unpaired) electrons. The standard InChI is InChI=1S/C16H22Cl3N3O3S/c1-9(2)7-13(23)21-14(16(17,18)19)22-15(26)20-11-8-10(24-3)5-6-12(11)25-4/h5-6,8-9,14H,7H2,1-4H3,(H,21,23)(H2,20,22,26)/t14-/m1/s1. The number of alkyl halides is 3. The van der Waals surface area contributed by atoms with Crippen molar-refractivity contribution < 1.29 is 14.3 Å². The van der Waals surface area contributed by atoms with Gasteiger partial charge in [-0.1, -0.05) is 48.7 Å². The second-order valence-electron chi connectivity index (χ2n) is 5.80. The van der Waals surface area contributed by atoms with E-state index in [2.05, 4.69) is 16.0 Å². The van der Waals surface area contributed by atoms with Crippen LogP contribution in [0.15, 0.2) is 18.2 Å². The van der Waals surface area contributed by atoms with Crippen LogP contribution in [0.4, 0.5) is 5.69 Å². The Bertz CT molecular complexity index is 639. The minimum absolute atomic E-state index is 0.137. The van der Waals surface area contributed by atoms with Gasteiger partial charge >= 0.3 is 0 Å². The molecule has 0 aromatic heterocycles. The summed E-state index contributed by atoms with van der Waals surface area (Å²) in [6, 6.07) is 5.17. The van der Waals surface area contributed by atoms with Crippen LogP contribution in [0.5, 0.6) is 11.5 Å². The van der Waals surface area contributed by atoms with Crippen LogP contribution in [0.1, 0.15) is 20.3 Å². The number of halogens is 3. The number of benzene rings is 1. The highest BCUT2D eigenvalue weighted by Crippen LogP contribution is 2.31. The van der Waals surface area contributed by atoms with Gasteiger partial charge in [-0.3, -0.25) is 4.79 Å². The number of carbonyl (C=O) groups excluding carboxylic acids is 1. The third-order valence-corrected chi connectivity index (χ3v) is 4.03. The zero-order chi connectivity index (χ0) is 19.9. The number of anilines is 1. The van der Waals surface area contributed by atoms with Gasteiger partial charge in [0.05, 0.1) is 19.9 Å². The fraction of sp³-hybridized carbons (Fsp3) is 0.500. The van der Waals surface area contributed by atoms with Crippen molar-refractivity contribution in [2.45, 2.75) is 30.2 Å². The molecule has 0 heterocycles. The second-order valence-corrected chi connectivity index (χ2v) is 8.58. The molecule has 0 saturated carbocycles. The zero-order valence-corrected chi connectivity index (χ0v) is 17.9. The Morgan fingerprint density at radius 2 is 1.85 bits per heavy atom. The number of ether oxygens (including phenoxy) is 2. The Hall–Kier alpha value is -1.15. The molecule has 0 fully saturated rings. The summed E-state index contributed by atoms with van der Waals surface area (Å²) in [5.41, 5.74) is 0.556. The van der Waals surface area contributed by atoms with Gasteiger partial charge in [-0.25, -0.2) is 0 Å². The third kappa shape index (κ3) is 7.61. The highest BCUT2D eigenvalue weighted by Gasteiger charge is 2.34. The maximum Gasteiger partial charge on any atom is 0.228 e. The molecule has 0 unspecified atom stereocenters. The van der Waals surface area contributed by atoms with Crippen LogP contribution in [0.2, 0.25) is 0 Å². The summed E-state index contributed by atoms with van der Waals surface area (Å²) in [6.07, 6.45) is -0.724. The molecule has 0 spiro atoms. The van der Waals surface area contributed by atoms with Gasteiger partial charge in [-0.05, 0) is 30.3 Å². The molecule has 1 amide bonds. The number of nitrogens with one attached hydrogen (secondary N) is 3. The van der Waals surface area contributed by atoms with Crippen LogP contribution in [0.3, 0.4) is 0 Å². The van der Waals surface area contributed by atoms with Crippen LogP contribution in [-0.2, 0) is 4.79 Å². The molecule has 10 heteroatoms. The number of amides is 1. The molecule has 0 saturated heterocycles. The highest BCUT2D eigenvalue weighted by atomic mass is 35.6. The Balaban J connectivity index is 2.86. The van der Waals surface area contributed by atoms with Gasteiger partial charge in [0.2, 0.25) is 9.70 Å². The van der Waals surface area contributed by atoms with E-state index in [1.54, 1.807) is 25.3 Å². The fourth-order valence-corrected chi connectivity index (χ4v) is 2.55. The predicted molar refractivity (Wildman–Crippen MR) is 111 cm³/mol. The fourth-order valence-electron chi connectivity index (χ4n) is 1.99. The van der Waals surface area contributed by atoms with Crippen LogP contribution in [-0.4, -0.2) is 35.2 Å². The lowest BCUT2D eigenvalue weighted by Crippen LogP contribution is -2.56. The highest BCUT2D eigenvalue weighted by molar-refractivity contribution is 7.80.